The van der Waals surface area contributed by atoms with Crippen LogP contribution in [0.2, 0.25) is 0 Å². The molecule has 104 valence electrons. The number of alkyl halides is 3. The van der Waals surface area contributed by atoms with E-state index in [-0.39, 0.29) is 11.9 Å². The minimum atomic E-state index is -4.29. The van der Waals surface area contributed by atoms with Crippen molar-refractivity contribution in [3.63, 3.8) is 0 Å². The summed E-state index contributed by atoms with van der Waals surface area (Å²) in [5, 5.41) is 5.95. The van der Waals surface area contributed by atoms with Gasteiger partial charge in [-0.1, -0.05) is 12.1 Å². The molecule has 0 bridgehead atoms. The Kier molecular flexibility index (Phi) is 4.09. The minimum absolute atomic E-state index is 0.0568. The fraction of sp³-hybridized carbons (Fsp3) is 0.462. The van der Waals surface area contributed by atoms with Crippen LogP contribution < -0.4 is 10.6 Å². The molecule has 1 aromatic rings. The van der Waals surface area contributed by atoms with Crippen molar-refractivity contribution in [1.29, 1.82) is 0 Å². The lowest BCUT2D eigenvalue weighted by Gasteiger charge is -2.12. The molecule has 1 atom stereocenters. The van der Waals surface area contributed by atoms with Crippen molar-refractivity contribution in [2.24, 2.45) is 0 Å². The summed E-state index contributed by atoms with van der Waals surface area (Å²) in [5.74, 6) is 0.0568. The molecule has 1 heterocycles. The summed E-state index contributed by atoms with van der Waals surface area (Å²) in [7, 11) is 0. The van der Waals surface area contributed by atoms with Crippen molar-refractivity contribution in [1.82, 2.24) is 10.6 Å². The fourth-order valence-electron chi connectivity index (χ4n) is 2.03. The highest BCUT2D eigenvalue weighted by atomic mass is 19.4. The van der Waals surface area contributed by atoms with Crippen molar-refractivity contribution >= 4 is 5.91 Å². The quantitative estimate of drug-likeness (QED) is 0.881. The van der Waals surface area contributed by atoms with Gasteiger partial charge in [-0.3, -0.25) is 4.79 Å². The average Bonchev–Trinajstić information content (AvgIpc) is 2.75. The summed E-state index contributed by atoms with van der Waals surface area (Å²) in [5.41, 5.74) is 0.150. The summed E-state index contributed by atoms with van der Waals surface area (Å²) < 4.78 is 37.1. The van der Waals surface area contributed by atoms with Crippen LogP contribution in [0.15, 0.2) is 24.3 Å². The molecular formula is C13H15F3N2O. The lowest BCUT2D eigenvalue weighted by Crippen LogP contribution is -2.35. The number of hydrogen-bond donors (Lipinski definition) is 2. The Morgan fingerprint density at radius 1 is 1.26 bits per heavy atom. The average molecular weight is 272 g/mol. The smallest absolute Gasteiger partial charge is 0.352 e. The second kappa shape index (κ2) is 5.61. The number of amides is 1. The molecule has 6 heteroatoms. The van der Waals surface area contributed by atoms with Crippen molar-refractivity contribution in [3.05, 3.63) is 35.4 Å². The third-order valence-corrected chi connectivity index (χ3v) is 3.09. The molecule has 0 radical (unpaired) electrons. The number of nitrogens with one attached hydrogen (secondary N) is 2. The molecule has 1 amide bonds. The molecule has 2 rings (SSSR count). The SMILES string of the molecule is O=C1CCC(CNCc2ccc(C(F)(F)F)cc2)N1. The third kappa shape index (κ3) is 3.96. The summed E-state index contributed by atoms with van der Waals surface area (Å²) in [6.07, 6.45) is -2.94. The topological polar surface area (TPSA) is 41.1 Å². The molecule has 1 aromatic carbocycles. The van der Waals surface area contributed by atoms with Crippen molar-refractivity contribution in [2.75, 3.05) is 6.54 Å². The highest BCUT2D eigenvalue weighted by molar-refractivity contribution is 5.78. The lowest BCUT2D eigenvalue weighted by molar-refractivity contribution is -0.137. The van der Waals surface area contributed by atoms with E-state index < -0.39 is 11.7 Å². The number of hydrogen-bond acceptors (Lipinski definition) is 2. The maximum Gasteiger partial charge on any atom is 0.416 e. The zero-order valence-corrected chi connectivity index (χ0v) is 10.3. The van der Waals surface area contributed by atoms with Crippen LogP contribution >= 0.6 is 0 Å². The maximum absolute atomic E-state index is 12.4. The van der Waals surface area contributed by atoms with E-state index in [0.29, 0.717) is 19.5 Å². The van der Waals surface area contributed by atoms with Gasteiger partial charge in [0.05, 0.1) is 5.56 Å². The zero-order valence-electron chi connectivity index (χ0n) is 10.3. The van der Waals surface area contributed by atoms with Crippen LogP contribution in [0.1, 0.15) is 24.0 Å². The summed E-state index contributed by atoms with van der Waals surface area (Å²) >= 11 is 0. The van der Waals surface area contributed by atoms with Gasteiger partial charge in [0, 0.05) is 25.6 Å². The van der Waals surface area contributed by atoms with E-state index in [1.54, 1.807) is 0 Å². The number of benzene rings is 1. The van der Waals surface area contributed by atoms with E-state index in [1.165, 1.54) is 12.1 Å². The molecule has 1 aliphatic rings. The van der Waals surface area contributed by atoms with E-state index in [4.69, 9.17) is 0 Å². The van der Waals surface area contributed by atoms with Gasteiger partial charge in [0.15, 0.2) is 0 Å². The Morgan fingerprint density at radius 2 is 1.95 bits per heavy atom. The van der Waals surface area contributed by atoms with Crippen LogP contribution in [0, 0.1) is 0 Å². The second-order valence-electron chi connectivity index (χ2n) is 4.63. The standard InChI is InChI=1S/C13H15F3N2O/c14-13(15,16)10-3-1-9(2-4-10)7-17-8-11-5-6-12(19)18-11/h1-4,11,17H,5-8H2,(H,18,19). The first-order valence-corrected chi connectivity index (χ1v) is 6.11. The zero-order chi connectivity index (χ0) is 13.9. The van der Waals surface area contributed by atoms with Gasteiger partial charge in [0.2, 0.25) is 5.91 Å². The molecule has 1 unspecified atom stereocenters. The van der Waals surface area contributed by atoms with Gasteiger partial charge in [-0.05, 0) is 24.1 Å². The van der Waals surface area contributed by atoms with Gasteiger partial charge >= 0.3 is 6.18 Å². The van der Waals surface area contributed by atoms with Crippen molar-refractivity contribution < 1.29 is 18.0 Å². The highest BCUT2D eigenvalue weighted by Gasteiger charge is 2.29. The molecule has 0 spiro atoms. The number of rotatable bonds is 4. The summed E-state index contributed by atoms with van der Waals surface area (Å²) in [6, 6.07) is 5.20. The Morgan fingerprint density at radius 3 is 2.47 bits per heavy atom. The van der Waals surface area contributed by atoms with Crippen LogP contribution in [0.25, 0.3) is 0 Å². The Labute approximate surface area is 109 Å². The molecule has 1 saturated heterocycles. The first-order chi connectivity index (χ1) is 8.95. The largest absolute Gasteiger partial charge is 0.416 e. The van der Waals surface area contributed by atoms with E-state index in [2.05, 4.69) is 10.6 Å². The minimum Gasteiger partial charge on any atom is -0.352 e. The lowest BCUT2D eigenvalue weighted by atomic mass is 10.1. The normalized spacial score (nSPS) is 19.5. The molecule has 3 nitrogen and oxygen atoms in total. The van der Waals surface area contributed by atoms with Crippen molar-refractivity contribution in [2.45, 2.75) is 31.6 Å². The third-order valence-electron chi connectivity index (χ3n) is 3.09. The van der Waals surface area contributed by atoms with Crippen LogP contribution in [0.3, 0.4) is 0 Å². The van der Waals surface area contributed by atoms with Gasteiger partial charge in [-0.25, -0.2) is 0 Å². The molecule has 2 N–H and O–H groups in total. The fourth-order valence-corrected chi connectivity index (χ4v) is 2.03. The van der Waals surface area contributed by atoms with Crippen LogP contribution in [0.5, 0.6) is 0 Å². The summed E-state index contributed by atoms with van der Waals surface area (Å²) in [6.45, 7) is 1.12. The molecule has 19 heavy (non-hydrogen) atoms. The van der Waals surface area contributed by atoms with Gasteiger partial charge in [-0.15, -0.1) is 0 Å². The van der Waals surface area contributed by atoms with Gasteiger partial charge in [0.25, 0.3) is 0 Å². The molecule has 1 aliphatic heterocycles. The summed E-state index contributed by atoms with van der Waals surface area (Å²) in [4.78, 5) is 11.0. The number of carbonyl (C=O) groups excluding carboxylic acids is 1. The second-order valence-corrected chi connectivity index (χ2v) is 4.63. The molecule has 1 fully saturated rings. The number of carbonyl (C=O) groups is 1. The first kappa shape index (κ1) is 13.9. The Hall–Kier alpha value is -1.56. The predicted molar refractivity (Wildman–Crippen MR) is 64.3 cm³/mol. The Balaban J connectivity index is 1.79. The van der Waals surface area contributed by atoms with Gasteiger partial charge in [0.1, 0.15) is 0 Å². The monoisotopic (exact) mass is 272 g/mol. The highest BCUT2D eigenvalue weighted by Crippen LogP contribution is 2.29. The van der Waals surface area contributed by atoms with Crippen LogP contribution in [0.4, 0.5) is 13.2 Å². The molecule has 0 saturated carbocycles. The van der Waals surface area contributed by atoms with E-state index in [1.807, 2.05) is 0 Å². The van der Waals surface area contributed by atoms with E-state index in [9.17, 15) is 18.0 Å². The first-order valence-electron chi connectivity index (χ1n) is 6.11. The van der Waals surface area contributed by atoms with E-state index in [0.717, 1.165) is 24.1 Å². The Bertz CT molecular complexity index is 442. The predicted octanol–water partition coefficient (Wildman–Crippen LogP) is 2.07. The van der Waals surface area contributed by atoms with E-state index >= 15 is 0 Å². The van der Waals surface area contributed by atoms with Crippen LogP contribution in [-0.2, 0) is 17.5 Å². The van der Waals surface area contributed by atoms with Gasteiger partial charge in [-0.2, -0.15) is 13.2 Å². The molecule has 0 aromatic heterocycles. The van der Waals surface area contributed by atoms with Crippen molar-refractivity contribution in [3.8, 4) is 0 Å². The maximum atomic E-state index is 12.4. The molecule has 0 aliphatic carbocycles. The number of halogens is 3. The molecular weight excluding hydrogens is 257 g/mol. The van der Waals surface area contributed by atoms with Gasteiger partial charge < -0.3 is 10.6 Å². The van der Waals surface area contributed by atoms with Crippen LogP contribution in [-0.4, -0.2) is 18.5 Å².